The molecule has 0 radical (unpaired) electrons. The molecular formula is C17H29N3O2S. The van der Waals surface area contributed by atoms with Gasteiger partial charge in [-0.2, -0.15) is 0 Å². The van der Waals surface area contributed by atoms with Crippen molar-refractivity contribution in [2.45, 2.75) is 71.6 Å². The van der Waals surface area contributed by atoms with E-state index in [2.05, 4.69) is 22.6 Å². The molecule has 1 aliphatic heterocycles. The van der Waals surface area contributed by atoms with Gasteiger partial charge in [0.2, 0.25) is 0 Å². The maximum atomic E-state index is 12.2. The number of amides is 1. The molecule has 6 heteroatoms. The Balaban J connectivity index is 1.85. The fourth-order valence-corrected chi connectivity index (χ4v) is 3.50. The largest absolute Gasteiger partial charge is 0.444 e. The minimum atomic E-state index is -0.433. The number of aryl methyl sites for hydroxylation is 1. The fraction of sp³-hybridized carbons (Fsp3) is 0.765. The van der Waals surface area contributed by atoms with Gasteiger partial charge in [0.05, 0.1) is 10.7 Å². The van der Waals surface area contributed by atoms with Gasteiger partial charge in [-0.25, -0.2) is 9.78 Å². The average Bonchev–Trinajstić information content (AvgIpc) is 2.73. The van der Waals surface area contributed by atoms with E-state index in [1.165, 1.54) is 0 Å². The molecule has 2 heterocycles. The maximum Gasteiger partial charge on any atom is 0.410 e. The van der Waals surface area contributed by atoms with Gasteiger partial charge in [0, 0.05) is 30.6 Å². The summed E-state index contributed by atoms with van der Waals surface area (Å²) in [6.45, 7) is 11.4. The number of rotatable bonds is 3. The third kappa shape index (κ3) is 5.77. The lowest BCUT2D eigenvalue weighted by Gasteiger charge is -2.26. The summed E-state index contributed by atoms with van der Waals surface area (Å²) < 4.78 is 5.48. The topological polar surface area (TPSA) is 54.5 Å². The first-order valence-corrected chi connectivity index (χ1v) is 9.28. The van der Waals surface area contributed by atoms with E-state index in [-0.39, 0.29) is 12.1 Å². The lowest BCUT2D eigenvalue weighted by atomic mass is 10.1. The molecule has 23 heavy (non-hydrogen) atoms. The van der Waals surface area contributed by atoms with Gasteiger partial charge in [0.1, 0.15) is 5.60 Å². The highest BCUT2D eigenvalue weighted by Crippen LogP contribution is 2.20. The second-order valence-corrected chi connectivity index (χ2v) is 8.34. The quantitative estimate of drug-likeness (QED) is 0.907. The van der Waals surface area contributed by atoms with E-state index in [4.69, 9.17) is 4.74 Å². The van der Waals surface area contributed by atoms with Gasteiger partial charge in [-0.15, -0.1) is 11.3 Å². The zero-order chi connectivity index (χ0) is 17.0. The van der Waals surface area contributed by atoms with Crippen LogP contribution in [0.5, 0.6) is 0 Å². The van der Waals surface area contributed by atoms with Gasteiger partial charge in [0.15, 0.2) is 0 Å². The lowest BCUT2D eigenvalue weighted by Crippen LogP contribution is -2.38. The highest BCUT2D eigenvalue weighted by atomic mass is 32.1. The number of hydrogen-bond acceptors (Lipinski definition) is 5. The number of hydrogen-bond donors (Lipinski definition) is 1. The summed E-state index contributed by atoms with van der Waals surface area (Å²) in [7, 11) is 0. The van der Waals surface area contributed by atoms with E-state index in [9.17, 15) is 4.79 Å². The molecule has 2 atom stereocenters. The summed E-state index contributed by atoms with van der Waals surface area (Å²) in [5, 5.41) is 6.89. The first-order valence-electron chi connectivity index (χ1n) is 8.40. The van der Waals surface area contributed by atoms with Crippen LogP contribution in [0.15, 0.2) is 5.38 Å². The molecule has 2 unspecified atom stereocenters. The van der Waals surface area contributed by atoms with Crippen LogP contribution in [0.1, 0.15) is 63.7 Å². The zero-order valence-corrected chi connectivity index (χ0v) is 15.7. The highest BCUT2D eigenvalue weighted by molar-refractivity contribution is 7.09. The van der Waals surface area contributed by atoms with Crippen molar-refractivity contribution in [2.75, 3.05) is 13.1 Å². The normalized spacial score (nSPS) is 20.9. The van der Waals surface area contributed by atoms with E-state index in [1.54, 1.807) is 11.3 Å². The summed E-state index contributed by atoms with van der Waals surface area (Å²) in [5.41, 5.74) is 0.679. The third-order valence-corrected chi connectivity index (χ3v) is 4.74. The molecule has 1 fully saturated rings. The molecule has 1 aromatic heterocycles. The molecule has 1 amide bonds. The van der Waals surface area contributed by atoms with Crippen molar-refractivity contribution in [2.24, 2.45) is 0 Å². The summed E-state index contributed by atoms with van der Waals surface area (Å²) >= 11 is 1.69. The van der Waals surface area contributed by atoms with Gasteiger partial charge < -0.3 is 15.0 Å². The highest BCUT2D eigenvalue weighted by Gasteiger charge is 2.26. The van der Waals surface area contributed by atoms with Gasteiger partial charge in [-0.05, 0) is 53.9 Å². The molecule has 0 saturated carbocycles. The van der Waals surface area contributed by atoms with E-state index < -0.39 is 5.60 Å². The third-order valence-electron chi connectivity index (χ3n) is 3.95. The Hall–Kier alpha value is -1.14. The Morgan fingerprint density at radius 3 is 2.78 bits per heavy atom. The molecule has 1 aliphatic rings. The summed E-state index contributed by atoms with van der Waals surface area (Å²) in [6.07, 6.45) is 2.83. The van der Waals surface area contributed by atoms with Crippen molar-refractivity contribution in [1.82, 2.24) is 15.2 Å². The van der Waals surface area contributed by atoms with Gasteiger partial charge in [-0.1, -0.05) is 0 Å². The fourth-order valence-electron chi connectivity index (χ4n) is 2.79. The van der Waals surface area contributed by atoms with E-state index in [1.807, 2.05) is 32.6 Å². The molecule has 1 saturated heterocycles. The van der Waals surface area contributed by atoms with E-state index in [0.29, 0.717) is 6.04 Å². The van der Waals surface area contributed by atoms with Crippen LogP contribution in [0.3, 0.4) is 0 Å². The number of thiazole rings is 1. The Morgan fingerprint density at radius 2 is 2.17 bits per heavy atom. The van der Waals surface area contributed by atoms with Crippen molar-refractivity contribution in [3.63, 3.8) is 0 Å². The Morgan fingerprint density at radius 1 is 1.43 bits per heavy atom. The van der Waals surface area contributed by atoms with Crippen LogP contribution in [0.4, 0.5) is 4.79 Å². The monoisotopic (exact) mass is 339 g/mol. The summed E-state index contributed by atoms with van der Waals surface area (Å²) in [6, 6.07) is 0.664. The zero-order valence-electron chi connectivity index (χ0n) is 14.9. The number of nitrogens with one attached hydrogen (secondary N) is 1. The molecule has 0 aromatic carbocycles. The standard InChI is InChI=1S/C17H29N3O2S/c1-12(15-11-23-13(2)19-15)18-14-7-6-9-20(10-8-14)16(21)22-17(3,4)5/h11-12,14,18H,6-10H2,1-5H3. The van der Waals surface area contributed by atoms with Crippen molar-refractivity contribution in [3.8, 4) is 0 Å². The number of aromatic nitrogens is 1. The van der Waals surface area contributed by atoms with Crippen LogP contribution in [0.2, 0.25) is 0 Å². The predicted octanol–water partition coefficient (Wildman–Crippen LogP) is 3.89. The molecule has 2 rings (SSSR count). The van der Waals surface area contributed by atoms with Gasteiger partial charge in [0.25, 0.3) is 0 Å². The van der Waals surface area contributed by atoms with Crippen molar-refractivity contribution in [3.05, 3.63) is 16.1 Å². The molecule has 1 N–H and O–H groups in total. The van der Waals surface area contributed by atoms with Crippen LogP contribution >= 0.6 is 11.3 Å². The average molecular weight is 340 g/mol. The first kappa shape index (κ1) is 18.2. The number of likely N-dealkylation sites (tertiary alicyclic amines) is 1. The maximum absolute atomic E-state index is 12.2. The number of nitrogens with zero attached hydrogens (tertiary/aromatic N) is 2. The van der Waals surface area contributed by atoms with Gasteiger partial charge >= 0.3 is 6.09 Å². The molecule has 5 nitrogen and oxygen atoms in total. The summed E-state index contributed by atoms with van der Waals surface area (Å²) in [4.78, 5) is 18.6. The molecular weight excluding hydrogens is 310 g/mol. The minimum absolute atomic E-state index is 0.193. The predicted molar refractivity (Wildman–Crippen MR) is 93.8 cm³/mol. The van der Waals surface area contributed by atoms with Crippen molar-refractivity contribution in [1.29, 1.82) is 0 Å². The van der Waals surface area contributed by atoms with E-state index in [0.717, 1.165) is 43.1 Å². The smallest absolute Gasteiger partial charge is 0.410 e. The first-order chi connectivity index (χ1) is 10.7. The number of ether oxygens (including phenoxy) is 1. The second-order valence-electron chi connectivity index (χ2n) is 7.27. The van der Waals surface area contributed by atoms with Crippen molar-refractivity contribution >= 4 is 17.4 Å². The van der Waals surface area contributed by atoms with Crippen LogP contribution in [0.25, 0.3) is 0 Å². The second kappa shape index (κ2) is 7.62. The molecule has 1 aromatic rings. The summed E-state index contributed by atoms with van der Waals surface area (Å²) in [5.74, 6) is 0. The van der Waals surface area contributed by atoms with Crippen molar-refractivity contribution < 1.29 is 9.53 Å². The molecule has 0 aliphatic carbocycles. The SMILES string of the molecule is Cc1nc(C(C)NC2CCCN(C(=O)OC(C)(C)C)CC2)cs1. The molecule has 0 spiro atoms. The van der Waals surface area contributed by atoms with Crippen LogP contribution in [-0.4, -0.2) is 40.7 Å². The number of carbonyl (C=O) groups is 1. The van der Waals surface area contributed by atoms with E-state index >= 15 is 0 Å². The Labute approximate surface area is 143 Å². The molecule has 0 bridgehead atoms. The van der Waals surface area contributed by atoms with Crippen LogP contribution in [0, 0.1) is 6.92 Å². The van der Waals surface area contributed by atoms with Crippen LogP contribution < -0.4 is 5.32 Å². The van der Waals surface area contributed by atoms with Gasteiger partial charge in [-0.3, -0.25) is 0 Å². The molecule has 130 valence electrons. The van der Waals surface area contributed by atoms with Crippen LogP contribution in [-0.2, 0) is 4.74 Å². The minimum Gasteiger partial charge on any atom is -0.444 e. The Bertz CT molecular complexity index is 524. The number of carbonyl (C=O) groups excluding carboxylic acids is 1. The lowest BCUT2D eigenvalue weighted by molar-refractivity contribution is 0.0256. The Kier molecular flexibility index (Phi) is 6.03.